The molecule has 0 bridgehead atoms. The van der Waals surface area contributed by atoms with Crippen LogP contribution in [0.25, 0.3) is 0 Å². The van der Waals surface area contributed by atoms with Crippen LogP contribution in [0, 0.1) is 0 Å². The van der Waals surface area contributed by atoms with Gasteiger partial charge in [-0.2, -0.15) is 0 Å². The van der Waals surface area contributed by atoms with E-state index in [0.717, 1.165) is 12.8 Å². The van der Waals surface area contributed by atoms with E-state index in [2.05, 4.69) is 6.92 Å². The molecule has 0 spiro atoms. The van der Waals surface area contributed by atoms with Crippen molar-refractivity contribution in [3.05, 3.63) is 0 Å². The summed E-state index contributed by atoms with van der Waals surface area (Å²) >= 11 is 1.76. The van der Waals surface area contributed by atoms with Gasteiger partial charge >= 0.3 is 0 Å². The second-order valence-electron chi connectivity index (χ2n) is 4.21. The van der Waals surface area contributed by atoms with Crippen LogP contribution in [0.2, 0.25) is 0 Å². The highest BCUT2D eigenvalue weighted by Crippen LogP contribution is 2.24. The molecule has 0 aromatic carbocycles. The van der Waals surface area contributed by atoms with Crippen LogP contribution < -0.4 is 0 Å². The van der Waals surface area contributed by atoms with E-state index in [-0.39, 0.29) is 10.8 Å². The number of unbranched alkanes of at least 4 members (excludes halogenated alkanes) is 7. The Balaban J connectivity index is 3.11. The Hall–Kier alpha value is 0.590. The summed E-state index contributed by atoms with van der Waals surface area (Å²) in [4.78, 5) is 0. The molecule has 0 saturated carbocycles. The van der Waals surface area contributed by atoms with E-state index in [1.165, 1.54) is 32.1 Å². The zero-order chi connectivity index (χ0) is 11.6. The summed E-state index contributed by atoms with van der Waals surface area (Å²) in [5.41, 5.74) is 0. The molecule has 0 aromatic heterocycles. The molecule has 0 rings (SSSR count). The van der Waals surface area contributed by atoms with Crippen LogP contribution in [0.4, 0.5) is 8.78 Å². The summed E-state index contributed by atoms with van der Waals surface area (Å²) in [5, 5.41) is 0. The monoisotopic (exact) mass is 332 g/mol. The molecule has 0 N–H and O–H groups in total. The summed E-state index contributed by atoms with van der Waals surface area (Å²) in [5.74, 6) is -2.43. The highest BCUT2D eigenvalue weighted by atomic mass is 127. The third-order valence-corrected chi connectivity index (χ3v) is 3.71. The molecule has 0 heterocycles. The van der Waals surface area contributed by atoms with E-state index < -0.39 is 5.92 Å². The molecule has 0 radical (unpaired) electrons. The van der Waals surface area contributed by atoms with Crippen molar-refractivity contribution in [2.45, 2.75) is 70.6 Å². The molecule has 0 unspecified atom stereocenters. The molecule has 0 aliphatic heterocycles. The molecule has 92 valence electrons. The van der Waals surface area contributed by atoms with Crippen molar-refractivity contribution >= 4 is 22.6 Å². The molecule has 0 nitrogen and oxygen atoms in total. The van der Waals surface area contributed by atoms with Crippen LogP contribution in [0.15, 0.2) is 0 Å². The van der Waals surface area contributed by atoms with Crippen molar-refractivity contribution in [1.29, 1.82) is 0 Å². The van der Waals surface area contributed by atoms with Gasteiger partial charge in [-0.1, -0.05) is 74.5 Å². The van der Waals surface area contributed by atoms with Crippen molar-refractivity contribution in [2.75, 3.05) is 4.43 Å². The van der Waals surface area contributed by atoms with Crippen LogP contribution in [0.5, 0.6) is 0 Å². The van der Waals surface area contributed by atoms with Crippen molar-refractivity contribution < 1.29 is 8.78 Å². The molecule has 3 heteroatoms. The van der Waals surface area contributed by atoms with Crippen molar-refractivity contribution in [3.8, 4) is 0 Å². The lowest BCUT2D eigenvalue weighted by Gasteiger charge is -2.12. The molecule has 0 fully saturated rings. The second-order valence-corrected chi connectivity index (χ2v) is 4.98. The second kappa shape index (κ2) is 9.79. The third kappa shape index (κ3) is 10.9. The number of alkyl halides is 3. The molecular formula is C12H23F2I. The lowest BCUT2D eigenvalue weighted by atomic mass is 10.1. The zero-order valence-electron chi connectivity index (χ0n) is 9.70. The molecule has 0 aliphatic rings. The topological polar surface area (TPSA) is 0 Å². The number of hydrogen-bond donors (Lipinski definition) is 0. The lowest BCUT2D eigenvalue weighted by Crippen LogP contribution is -2.17. The average Bonchev–Trinajstić information content (AvgIpc) is 2.22. The van der Waals surface area contributed by atoms with Gasteiger partial charge < -0.3 is 0 Å². The van der Waals surface area contributed by atoms with E-state index in [4.69, 9.17) is 0 Å². The molecule has 15 heavy (non-hydrogen) atoms. The zero-order valence-corrected chi connectivity index (χ0v) is 11.9. The van der Waals surface area contributed by atoms with E-state index >= 15 is 0 Å². The number of hydrogen-bond acceptors (Lipinski definition) is 0. The highest BCUT2D eigenvalue weighted by Gasteiger charge is 2.25. The summed E-state index contributed by atoms with van der Waals surface area (Å²) in [6, 6.07) is 0. The van der Waals surface area contributed by atoms with Gasteiger partial charge in [0, 0.05) is 6.42 Å². The molecular weight excluding hydrogens is 309 g/mol. The van der Waals surface area contributed by atoms with Crippen LogP contribution in [-0.2, 0) is 0 Å². The van der Waals surface area contributed by atoms with Gasteiger partial charge in [0.1, 0.15) is 0 Å². The van der Waals surface area contributed by atoms with Crippen LogP contribution in [0.3, 0.4) is 0 Å². The number of halogens is 3. The first-order valence-electron chi connectivity index (χ1n) is 6.06. The Morgan fingerprint density at radius 1 is 0.867 bits per heavy atom. The van der Waals surface area contributed by atoms with Gasteiger partial charge in [-0.15, -0.1) is 0 Å². The first-order chi connectivity index (χ1) is 7.12. The smallest absolute Gasteiger partial charge is 0.206 e. The molecule has 0 aliphatic carbocycles. The van der Waals surface area contributed by atoms with Gasteiger partial charge in [0.05, 0.1) is 4.43 Å². The predicted molar refractivity (Wildman–Crippen MR) is 71.1 cm³/mol. The first-order valence-corrected chi connectivity index (χ1v) is 7.59. The van der Waals surface area contributed by atoms with Gasteiger partial charge in [0.2, 0.25) is 0 Å². The highest BCUT2D eigenvalue weighted by molar-refractivity contribution is 14.1. The van der Waals surface area contributed by atoms with Gasteiger partial charge in [-0.3, -0.25) is 0 Å². The van der Waals surface area contributed by atoms with Crippen LogP contribution in [-0.4, -0.2) is 10.4 Å². The third-order valence-electron chi connectivity index (χ3n) is 2.59. The Morgan fingerprint density at radius 3 is 1.80 bits per heavy atom. The molecule has 0 amide bonds. The van der Waals surface area contributed by atoms with E-state index in [0.29, 0.717) is 6.42 Å². The first kappa shape index (κ1) is 15.6. The fraction of sp³-hybridized carbons (Fsp3) is 1.00. The fourth-order valence-corrected chi connectivity index (χ4v) is 1.97. The van der Waals surface area contributed by atoms with E-state index in [9.17, 15) is 8.78 Å². The Morgan fingerprint density at radius 2 is 1.33 bits per heavy atom. The standard InChI is InChI=1S/C12H23F2I/c1-2-3-4-5-6-7-8-9-10-12(13,14)11-15/h2-11H2,1H3. The maximum atomic E-state index is 12.8. The maximum Gasteiger partial charge on any atom is 0.256 e. The largest absolute Gasteiger partial charge is 0.256 e. The molecule has 0 saturated heterocycles. The molecule has 0 atom stereocenters. The Bertz CT molecular complexity index is 138. The minimum absolute atomic E-state index is 0.0404. The predicted octanol–water partition coefficient (Wildman–Crippen LogP) is 5.59. The number of rotatable bonds is 10. The minimum Gasteiger partial charge on any atom is -0.206 e. The van der Waals surface area contributed by atoms with E-state index in [1.807, 2.05) is 0 Å². The van der Waals surface area contributed by atoms with Gasteiger partial charge in [-0.05, 0) is 6.42 Å². The van der Waals surface area contributed by atoms with Gasteiger partial charge in [0.15, 0.2) is 0 Å². The Labute approximate surface area is 106 Å². The van der Waals surface area contributed by atoms with Gasteiger partial charge in [0.25, 0.3) is 5.92 Å². The van der Waals surface area contributed by atoms with Crippen LogP contribution >= 0.6 is 22.6 Å². The van der Waals surface area contributed by atoms with Crippen LogP contribution in [0.1, 0.15) is 64.7 Å². The van der Waals surface area contributed by atoms with Crippen molar-refractivity contribution in [1.82, 2.24) is 0 Å². The SMILES string of the molecule is CCCCCCCCCCC(F)(F)CI. The Kier molecular flexibility index (Phi) is 10.2. The fourth-order valence-electron chi connectivity index (χ4n) is 1.58. The normalized spacial score (nSPS) is 12.0. The summed E-state index contributed by atoms with van der Waals surface area (Å²) < 4.78 is 25.6. The summed E-state index contributed by atoms with van der Waals surface area (Å²) in [7, 11) is 0. The molecule has 0 aromatic rings. The van der Waals surface area contributed by atoms with E-state index in [1.54, 1.807) is 22.6 Å². The van der Waals surface area contributed by atoms with Crippen molar-refractivity contribution in [3.63, 3.8) is 0 Å². The summed E-state index contributed by atoms with van der Waals surface area (Å²) in [6.45, 7) is 2.20. The van der Waals surface area contributed by atoms with Crippen molar-refractivity contribution in [2.24, 2.45) is 0 Å². The summed E-state index contributed by atoms with van der Waals surface area (Å²) in [6.07, 6.45) is 9.23. The van der Waals surface area contributed by atoms with Gasteiger partial charge in [-0.25, -0.2) is 8.78 Å². The minimum atomic E-state index is -2.43. The quantitative estimate of drug-likeness (QED) is 0.278. The average molecular weight is 332 g/mol. The maximum absolute atomic E-state index is 12.8. The lowest BCUT2D eigenvalue weighted by molar-refractivity contribution is 0.0188.